The Morgan fingerprint density at radius 3 is 2.36 bits per heavy atom. The molecule has 0 fully saturated rings. The third kappa shape index (κ3) is 3.62. The molecule has 0 amide bonds. The first kappa shape index (κ1) is 17.8. The number of aromatic nitrogens is 2. The molecule has 0 saturated carbocycles. The summed E-state index contributed by atoms with van der Waals surface area (Å²) >= 11 is 6.39. The van der Waals surface area contributed by atoms with Crippen molar-refractivity contribution >= 4 is 22.5 Å². The van der Waals surface area contributed by atoms with Gasteiger partial charge in [-0.15, -0.1) is 0 Å². The minimum atomic E-state index is -0.465. The topological polar surface area (TPSA) is 54.9 Å². The molecule has 0 spiro atoms. The third-order valence-corrected chi connectivity index (χ3v) is 4.75. The van der Waals surface area contributed by atoms with Crippen LogP contribution in [0.25, 0.3) is 10.9 Å². The minimum Gasteiger partial charge on any atom is -0.307 e. The molecule has 0 saturated heterocycles. The number of para-hydroxylation sites is 1. The first-order valence-electron chi connectivity index (χ1n) is 8.69. The number of benzene rings is 3. The van der Waals surface area contributed by atoms with E-state index in [1.807, 2.05) is 36.4 Å². The Kier molecular flexibility index (Phi) is 4.84. The van der Waals surface area contributed by atoms with Gasteiger partial charge >= 0.3 is 5.69 Å². The summed E-state index contributed by atoms with van der Waals surface area (Å²) in [6, 6.07) is 22.0. The standard InChI is InChI=1S/C23H15ClN2O2/c24-20-14-17(11-10-16-6-2-1-3-7-16)12-13-18(20)15-26-22(27)19-8-4-5-9-21(19)25-23(26)28/h1-9,12-14H,15H2,(H,25,28). The number of nitrogens with zero attached hydrogens (tertiary/aromatic N) is 1. The molecule has 28 heavy (non-hydrogen) atoms. The normalized spacial score (nSPS) is 10.5. The molecule has 1 aromatic heterocycles. The molecule has 4 rings (SSSR count). The predicted molar refractivity (Wildman–Crippen MR) is 112 cm³/mol. The first-order valence-corrected chi connectivity index (χ1v) is 9.07. The van der Waals surface area contributed by atoms with E-state index in [-0.39, 0.29) is 12.1 Å². The Labute approximate surface area is 166 Å². The summed E-state index contributed by atoms with van der Waals surface area (Å²) in [7, 11) is 0. The molecule has 4 nitrogen and oxygen atoms in total. The Bertz CT molecular complexity index is 1340. The Balaban J connectivity index is 1.67. The van der Waals surface area contributed by atoms with E-state index < -0.39 is 5.69 Å². The fraction of sp³-hybridized carbons (Fsp3) is 0.0435. The summed E-state index contributed by atoms with van der Waals surface area (Å²) < 4.78 is 1.15. The Morgan fingerprint density at radius 2 is 1.57 bits per heavy atom. The van der Waals surface area contributed by atoms with E-state index in [2.05, 4.69) is 16.8 Å². The molecule has 0 bridgehead atoms. The van der Waals surface area contributed by atoms with Gasteiger partial charge < -0.3 is 4.98 Å². The van der Waals surface area contributed by atoms with E-state index in [0.717, 1.165) is 15.7 Å². The van der Waals surface area contributed by atoms with E-state index >= 15 is 0 Å². The molecule has 5 heteroatoms. The van der Waals surface area contributed by atoms with E-state index in [1.165, 1.54) is 0 Å². The van der Waals surface area contributed by atoms with E-state index in [1.54, 1.807) is 36.4 Å². The minimum absolute atomic E-state index is 0.0875. The highest BCUT2D eigenvalue weighted by Gasteiger charge is 2.10. The lowest BCUT2D eigenvalue weighted by atomic mass is 10.1. The number of halogens is 1. The highest BCUT2D eigenvalue weighted by molar-refractivity contribution is 6.31. The van der Waals surface area contributed by atoms with Crippen LogP contribution in [-0.2, 0) is 6.54 Å². The number of fused-ring (bicyclic) bond motifs is 1. The zero-order valence-electron chi connectivity index (χ0n) is 14.8. The third-order valence-electron chi connectivity index (χ3n) is 4.40. The molecule has 1 N–H and O–H groups in total. The van der Waals surface area contributed by atoms with Crippen molar-refractivity contribution in [3.8, 4) is 11.8 Å². The molecule has 136 valence electrons. The van der Waals surface area contributed by atoms with Gasteiger partial charge in [0.1, 0.15) is 0 Å². The molecular weight excluding hydrogens is 372 g/mol. The average Bonchev–Trinajstić information content (AvgIpc) is 2.71. The van der Waals surface area contributed by atoms with E-state index in [4.69, 9.17) is 11.6 Å². The first-order chi connectivity index (χ1) is 13.6. The van der Waals surface area contributed by atoms with Gasteiger partial charge in [0.15, 0.2) is 0 Å². The van der Waals surface area contributed by atoms with Crippen LogP contribution in [0.5, 0.6) is 0 Å². The number of hydrogen-bond donors (Lipinski definition) is 1. The second kappa shape index (κ2) is 7.59. The quantitative estimate of drug-likeness (QED) is 0.533. The van der Waals surface area contributed by atoms with Gasteiger partial charge in [0.05, 0.1) is 17.4 Å². The van der Waals surface area contributed by atoms with Gasteiger partial charge in [-0.1, -0.05) is 59.8 Å². The summed E-state index contributed by atoms with van der Waals surface area (Å²) in [5.41, 5.74) is 2.06. The van der Waals surface area contributed by atoms with Crippen LogP contribution >= 0.6 is 11.6 Å². The van der Waals surface area contributed by atoms with Gasteiger partial charge in [-0.2, -0.15) is 0 Å². The van der Waals surface area contributed by atoms with Crippen LogP contribution in [-0.4, -0.2) is 9.55 Å². The molecule has 0 aliphatic rings. The van der Waals surface area contributed by atoms with Crippen molar-refractivity contribution < 1.29 is 0 Å². The Morgan fingerprint density at radius 1 is 0.857 bits per heavy atom. The van der Waals surface area contributed by atoms with Crippen LogP contribution in [0.3, 0.4) is 0 Å². The van der Waals surface area contributed by atoms with Gasteiger partial charge in [0.2, 0.25) is 0 Å². The second-order valence-electron chi connectivity index (χ2n) is 6.29. The van der Waals surface area contributed by atoms with Gasteiger partial charge in [-0.25, -0.2) is 4.79 Å². The lowest BCUT2D eigenvalue weighted by Crippen LogP contribution is -2.35. The van der Waals surface area contributed by atoms with Crippen molar-refractivity contribution in [1.29, 1.82) is 0 Å². The monoisotopic (exact) mass is 386 g/mol. The molecular formula is C23H15ClN2O2. The van der Waals surface area contributed by atoms with Crippen LogP contribution < -0.4 is 11.2 Å². The Hall–Kier alpha value is -3.55. The van der Waals surface area contributed by atoms with Crippen molar-refractivity contribution in [2.45, 2.75) is 6.54 Å². The van der Waals surface area contributed by atoms with Crippen molar-refractivity contribution in [3.63, 3.8) is 0 Å². The number of nitrogens with one attached hydrogen (secondary N) is 1. The number of rotatable bonds is 2. The van der Waals surface area contributed by atoms with Gasteiger partial charge in [-0.05, 0) is 42.0 Å². The molecule has 0 atom stereocenters. The lowest BCUT2D eigenvalue weighted by Gasteiger charge is -2.08. The van der Waals surface area contributed by atoms with Crippen LogP contribution in [0, 0.1) is 11.8 Å². The number of aromatic amines is 1. The van der Waals surface area contributed by atoms with Crippen molar-refractivity contribution in [3.05, 3.63) is 115 Å². The zero-order valence-corrected chi connectivity index (χ0v) is 15.5. The summed E-state index contributed by atoms with van der Waals surface area (Å²) in [6.07, 6.45) is 0. The fourth-order valence-electron chi connectivity index (χ4n) is 2.93. The molecule has 0 aliphatic carbocycles. The lowest BCUT2D eigenvalue weighted by molar-refractivity contribution is 0.712. The largest absolute Gasteiger partial charge is 0.329 e. The molecule has 4 aromatic rings. The van der Waals surface area contributed by atoms with Crippen molar-refractivity contribution in [1.82, 2.24) is 9.55 Å². The van der Waals surface area contributed by atoms with Crippen LogP contribution in [0.15, 0.2) is 82.4 Å². The van der Waals surface area contributed by atoms with Crippen LogP contribution in [0.1, 0.15) is 16.7 Å². The summed E-state index contributed by atoms with van der Waals surface area (Å²) in [5, 5.41) is 0.919. The van der Waals surface area contributed by atoms with Crippen LogP contribution in [0.2, 0.25) is 5.02 Å². The van der Waals surface area contributed by atoms with Gasteiger partial charge in [0.25, 0.3) is 5.56 Å². The van der Waals surface area contributed by atoms with Crippen LogP contribution in [0.4, 0.5) is 0 Å². The van der Waals surface area contributed by atoms with Crippen molar-refractivity contribution in [2.24, 2.45) is 0 Å². The summed E-state index contributed by atoms with van der Waals surface area (Å²) in [4.78, 5) is 27.7. The predicted octanol–water partition coefficient (Wildman–Crippen LogP) is 3.79. The maximum atomic E-state index is 12.7. The fourth-order valence-corrected chi connectivity index (χ4v) is 3.17. The molecule has 0 unspecified atom stereocenters. The highest BCUT2D eigenvalue weighted by Crippen LogP contribution is 2.18. The number of H-pyrrole nitrogens is 1. The molecule has 3 aromatic carbocycles. The maximum Gasteiger partial charge on any atom is 0.329 e. The number of hydrogen-bond acceptors (Lipinski definition) is 2. The SMILES string of the molecule is O=c1[nH]c2ccccc2c(=O)n1Cc1ccc(C#Cc2ccccc2)cc1Cl. The summed E-state index contributed by atoms with van der Waals surface area (Å²) in [5.74, 6) is 6.15. The molecule has 0 aliphatic heterocycles. The highest BCUT2D eigenvalue weighted by atomic mass is 35.5. The average molecular weight is 387 g/mol. The van der Waals surface area contributed by atoms with E-state index in [0.29, 0.717) is 21.5 Å². The maximum absolute atomic E-state index is 12.7. The van der Waals surface area contributed by atoms with Gasteiger partial charge in [0, 0.05) is 16.1 Å². The second-order valence-corrected chi connectivity index (χ2v) is 6.70. The van der Waals surface area contributed by atoms with Gasteiger partial charge in [-0.3, -0.25) is 9.36 Å². The molecule has 0 radical (unpaired) electrons. The summed E-state index contributed by atoms with van der Waals surface area (Å²) in [6.45, 7) is 0.0875. The van der Waals surface area contributed by atoms with Crippen molar-refractivity contribution in [2.75, 3.05) is 0 Å². The zero-order chi connectivity index (χ0) is 19.5. The smallest absolute Gasteiger partial charge is 0.307 e. The van der Waals surface area contributed by atoms with E-state index in [9.17, 15) is 9.59 Å². The molecule has 1 heterocycles.